The van der Waals surface area contributed by atoms with Crippen LogP contribution >= 0.6 is 0 Å². The van der Waals surface area contributed by atoms with Gasteiger partial charge in [-0.25, -0.2) is 9.97 Å². The molecule has 37 heavy (non-hydrogen) atoms. The van der Waals surface area contributed by atoms with Gasteiger partial charge in [0.1, 0.15) is 5.82 Å². The fourth-order valence-corrected chi connectivity index (χ4v) is 4.86. The molecule has 0 saturated heterocycles. The number of pyridine rings is 1. The molecule has 10 nitrogen and oxygen atoms in total. The van der Waals surface area contributed by atoms with Crippen LogP contribution in [0.3, 0.4) is 0 Å². The van der Waals surface area contributed by atoms with Gasteiger partial charge in [-0.2, -0.15) is 15.3 Å². The zero-order chi connectivity index (χ0) is 25.5. The molecule has 0 saturated carbocycles. The van der Waals surface area contributed by atoms with E-state index in [1.165, 1.54) is 0 Å². The van der Waals surface area contributed by atoms with Crippen molar-refractivity contribution in [1.29, 1.82) is 0 Å². The van der Waals surface area contributed by atoms with Crippen LogP contribution in [0.5, 0.6) is 0 Å². The van der Waals surface area contributed by atoms with Crippen LogP contribution in [0.25, 0.3) is 33.8 Å². The van der Waals surface area contributed by atoms with E-state index in [0.717, 1.165) is 82.5 Å². The molecule has 10 heteroatoms. The Hall–Kier alpha value is -4.18. The maximum atomic E-state index is 5.05. The first kappa shape index (κ1) is 23.2. The number of aryl methyl sites for hydroxylation is 4. The molecule has 0 aromatic carbocycles. The van der Waals surface area contributed by atoms with E-state index in [-0.39, 0.29) is 0 Å². The van der Waals surface area contributed by atoms with Gasteiger partial charge in [-0.15, -0.1) is 0 Å². The van der Waals surface area contributed by atoms with E-state index in [1.807, 2.05) is 60.5 Å². The normalized spacial score (nSPS) is 12.7. The van der Waals surface area contributed by atoms with Crippen LogP contribution in [0.1, 0.15) is 22.8 Å². The Morgan fingerprint density at radius 1 is 0.946 bits per heavy atom. The monoisotopic (exact) mass is 494 g/mol. The van der Waals surface area contributed by atoms with Crippen molar-refractivity contribution < 1.29 is 0 Å². The molecule has 0 bridgehead atoms. The summed E-state index contributed by atoms with van der Waals surface area (Å²) in [5, 5.41) is 13.8. The zero-order valence-corrected chi connectivity index (χ0v) is 21.6. The second-order valence-corrected chi connectivity index (χ2v) is 9.84. The third-order valence-electron chi connectivity index (χ3n) is 6.75. The molecule has 0 N–H and O–H groups in total. The highest BCUT2D eigenvalue weighted by molar-refractivity contribution is 5.84. The number of fused-ring (bicyclic) bond motifs is 3. The number of aromatic nitrogens is 9. The molecule has 5 aromatic rings. The minimum absolute atomic E-state index is 0.592. The average molecular weight is 495 g/mol. The maximum Gasteiger partial charge on any atom is 0.134 e. The van der Waals surface area contributed by atoms with Gasteiger partial charge in [0.25, 0.3) is 0 Å². The van der Waals surface area contributed by atoms with Crippen molar-refractivity contribution in [2.24, 2.45) is 14.1 Å². The van der Waals surface area contributed by atoms with Gasteiger partial charge in [-0.05, 0) is 50.7 Å². The number of likely N-dealkylation sites (N-methyl/N-ethyl adjacent to an activating group) is 1. The Bertz CT molecular complexity index is 1550. The molecule has 0 fully saturated rings. The van der Waals surface area contributed by atoms with Crippen molar-refractivity contribution in [3.63, 3.8) is 0 Å². The van der Waals surface area contributed by atoms with Crippen LogP contribution in [0.15, 0.2) is 49.2 Å². The van der Waals surface area contributed by atoms with Gasteiger partial charge < -0.3 is 4.90 Å². The van der Waals surface area contributed by atoms with Gasteiger partial charge in [0, 0.05) is 62.1 Å². The van der Waals surface area contributed by atoms with Crippen molar-refractivity contribution in [3.8, 4) is 33.8 Å². The van der Waals surface area contributed by atoms with Crippen LogP contribution in [-0.4, -0.2) is 69.8 Å². The van der Waals surface area contributed by atoms with Crippen LogP contribution in [-0.2, 0) is 39.9 Å². The second-order valence-electron chi connectivity index (χ2n) is 9.84. The summed E-state index contributed by atoms with van der Waals surface area (Å²) in [6.45, 7) is 1.80. The van der Waals surface area contributed by atoms with Gasteiger partial charge >= 0.3 is 0 Å². The summed E-state index contributed by atoms with van der Waals surface area (Å²) in [4.78, 5) is 16.6. The highest BCUT2D eigenvalue weighted by Crippen LogP contribution is 2.39. The predicted octanol–water partition coefficient (Wildman–Crippen LogP) is 2.79. The first-order valence-electron chi connectivity index (χ1n) is 12.5. The van der Waals surface area contributed by atoms with Crippen molar-refractivity contribution in [2.45, 2.75) is 25.8 Å². The summed E-state index contributed by atoms with van der Waals surface area (Å²) < 4.78 is 5.72. The topological polar surface area (TPSA) is 95.4 Å². The standard InChI is InChI=1S/C27H30N10/c1-34(2)11-12-37-10-9-21(32-37)13-24-29-14-18-5-8-23-25(26(18)31-24)27(36(4)33-23)19-6-7-22(28-15-19)20-16-30-35(3)17-20/h6-7,9-10,14-17H,5,8,11-13H2,1-4H3. The maximum absolute atomic E-state index is 5.05. The van der Waals surface area contributed by atoms with E-state index in [1.54, 1.807) is 4.68 Å². The molecule has 0 amide bonds. The molecule has 5 aromatic heterocycles. The molecule has 5 heterocycles. The van der Waals surface area contributed by atoms with Gasteiger partial charge in [0.15, 0.2) is 0 Å². The molecule has 6 rings (SSSR count). The zero-order valence-electron chi connectivity index (χ0n) is 21.6. The van der Waals surface area contributed by atoms with Crippen LogP contribution in [0.2, 0.25) is 0 Å². The number of hydrogen-bond donors (Lipinski definition) is 0. The lowest BCUT2D eigenvalue weighted by Gasteiger charge is -2.16. The SMILES string of the molecule is CN(C)CCn1ccc(Cc2ncc3c(n2)-c2c(nn(C)c2-c2ccc(-c4cnn(C)c4)nc2)CC3)n1. The first-order valence-corrected chi connectivity index (χ1v) is 12.5. The Labute approximate surface area is 215 Å². The summed E-state index contributed by atoms with van der Waals surface area (Å²) in [5.41, 5.74) is 9.17. The number of hydrogen-bond acceptors (Lipinski definition) is 7. The van der Waals surface area contributed by atoms with Crippen LogP contribution in [0.4, 0.5) is 0 Å². The second kappa shape index (κ2) is 9.36. The third kappa shape index (κ3) is 4.55. The molecule has 0 atom stereocenters. The minimum atomic E-state index is 0.592. The molecule has 0 radical (unpaired) electrons. The molecule has 0 spiro atoms. The van der Waals surface area contributed by atoms with Crippen molar-refractivity contribution >= 4 is 0 Å². The molecule has 1 aliphatic rings. The molecule has 0 aliphatic heterocycles. The van der Waals surface area contributed by atoms with E-state index in [9.17, 15) is 0 Å². The van der Waals surface area contributed by atoms with Crippen LogP contribution < -0.4 is 0 Å². The summed E-state index contributed by atoms with van der Waals surface area (Å²) >= 11 is 0. The van der Waals surface area contributed by atoms with Gasteiger partial charge in [-0.3, -0.25) is 19.0 Å². The van der Waals surface area contributed by atoms with E-state index < -0.39 is 0 Å². The van der Waals surface area contributed by atoms with Crippen molar-refractivity contribution in [2.75, 3.05) is 20.6 Å². The van der Waals surface area contributed by atoms with E-state index in [4.69, 9.17) is 20.2 Å². The smallest absolute Gasteiger partial charge is 0.134 e. The average Bonchev–Trinajstić information content (AvgIpc) is 3.61. The van der Waals surface area contributed by atoms with Gasteiger partial charge in [0.05, 0.1) is 47.6 Å². The van der Waals surface area contributed by atoms with E-state index in [0.29, 0.717) is 6.42 Å². The third-order valence-corrected chi connectivity index (χ3v) is 6.75. The lowest BCUT2D eigenvalue weighted by Crippen LogP contribution is -2.18. The Kier molecular flexibility index (Phi) is 5.88. The van der Waals surface area contributed by atoms with Crippen molar-refractivity contribution in [1.82, 2.24) is 49.2 Å². The lowest BCUT2D eigenvalue weighted by atomic mass is 9.91. The number of rotatable bonds is 7. The van der Waals surface area contributed by atoms with E-state index >= 15 is 0 Å². The molecular weight excluding hydrogens is 464 g/mol. The first-order chi connectivity index (χ1) is 17.9. The summed E-state index contributed by atoms with van der Waals surface area (Å²) in [7, 11) is 8.03. The summed E-state index contributed by atoms with van der Waals surface area (Å²) in [6, 6.07) is 6.19. The highest BCUT2D eigenvalue weighted by atomic mass is 15.3. The number of nitrogens with zero attached hydrogens (tertiary/aromatic N) is 10. The van der Waals surface area contributed by atoms with Crippen molar-refractivity contribution in [3.05, 3.63) is 72.0 Å². The fourth-order valence-electron chi connectivity index (χ4n) is 4.86. The van der Waals surface area contributed by atoms with E-state index in [2.05, 4.69) is 41.2 Å². The molecule has 0 unspecified atom stereocenters. The molecular formula is C27H30N10. The Morgan fingerprint density at radius 3 is 2.59 bits per heavy atom. The predicted molar refractivity (Wildman–Crippen MR) is 141 cm³/mol. The van der Waals surface area contributed by atoms with Crippen LogP contribution in [0, 0.1) is 0 Å². The molecule has 188 valence electrons. The highest BCUT2D eigenvalue weighted by Gasteiger charge is 2.27. The Morgan fingerprint density at radius 2 is 1.84 bits per heavy atom. The van der Waals surface area contributed by atoms with Gasteiger partial charge in [-0.1, -0.05) is 0 Å². The Balaban J connectivity index is 1.32. The fraction of sp³-hybridized carbons (Fsp3) is 0.333. The summed E-state index contributed by atoms with van der Waals surface area (Å²) in [5.74, 6) is 0.768. The minimum Gasteiger partial charge on any atom is -0.308 e. The summed E-state index contributed by atoms with van der Waals surface area (Å²) in [6.07, 6.45) is 12.1. The quantitative estimate of drug-likeness (QED) is 0.343. The molecule has 1 aliphatic carbocycles. The lowest BCUT2D eigenvalue weighted by molar-refractivity contribution is 0.372. The van der Waals surface area contributed by atoms with Gasteiger partial charge in [0.2, 0.25) is 0 Å². The largest absolute Gasteiger partial charge is 0.308 e.